The molecule has 0 fully saturated rings. The van der Waals surface area contributed by atoms with Crippen molar-refractivity contribution in [3.8, 4) is 17.0 Å². The largest absolute Gasteiger partial charge is 0.497 e. The Morgan fingerprint density at radius 2 is 2.06 bits per heavy atom. The van der Waals surface area contributed by atoms with E-state index < -0.39 is 17.8 Å². The molecule has 1 amide bonds. The van der Waals surface area contributed by atoms with Crippen molar-refractivity contribution >= 4 is 23.2 Å². The van der Waals surface area contributed by atoms with Crippen LogP contribution in [0.3, 0.4) is 0 Å². The SMILES string of the molecule is CCn1cc(CNC(=O)c2nn3c(C(F)(F)F)cc(-c4cccc(OC)c4)nc3c2Cl)cn1. The van der Waals surface area contributed by atoms with E-state index in [1.165, 1.54) is 7.11 Å². The van der Waals surface area contributed by atoms with Gasteiger partial charge in [0.1, 0.15) is 10.8 Å². The lowest BCUT2D eigenvalue weighted by atomic mass is 10.1. The first kappa shape index (κ1) is 22.6. The van der Waals surface area contributed by atoms with Crippen LogP contribution in [0.4, 0.5) is 13.2 Å². The van der Waals surface area contributed by atoms with Gasteiger partial charge in [0.25, 0.3) is 5.91 Å². The molecular weight excluding hydrogens is 461 g/mol. The molecule has 0 aliphatic carbocycles. The molecule has 0 bridgehead atoms. The van der Waals surface area contributed by atoms with Crippen molar-refractivity contribution in [2.75, 3.05) is 7.11 Å². The minimum absolute atomic E-state index is 0.00876. The van der Waals surface area contributed by atoms with E-state index >= 15 is 0 Å². The summed E-state index contributed by atoms with van der Waals surface area (Å²) in [6.07, 6.45) is -1.44. The second-order valence-electron chi connectivity index (χ2n) is 7.04. The maximum Gasteiger partial charge on any atom is 0.433 e. The Morgan fingerprint density at radius 1 is 1.27 bits per heavy atom. The van der Waals surface area contributed by atoms with Gasteiger partial charge in [-0.25, -0.2) is 9.50 Å². The summed E-state index contributed by atoms with van der Waals surface area (Å²) in [6, 6.07) is 7.28. The van der Waals surface area contributed by atoms with Gasteiger partial charge in [0, 0.05) is 30.4 Å². The minimum Gasteiger partial charge on any atom is -0.497 e. The number of methoxy groups -OCH3 is 1. The Bertz CT molecular complexity index is 1330. The Hall–Kier alpha value is -3.60. The van der Waals surface area contributed by atoms with Gasteiger partial charge < -0.3 is 10.1 Å². The van der Waals surface area contributed by atoms with Gasteiger partial charge in [0.15, 0.2) is 17.0 Å². The lowest BCUT2D eigenvalue weighted by Crippen LogP contribution is -2.23. The lowest BCUT2D eigenvalue weighted by molar-refractivity contribution is -0.142. The molecule has 1 N–H and O–H groups in total. The maximum atomic E-state index is 13.8. The summed E-state index contributed by atoms with van der Waals surface area (Å²) < 4.78 is 48.9. The molecule has 33 heavy (non-hydrogen) atoms. The summed E-state index contributed by atoms with van der Waals surface area (Å²) in [6.45, 7) is 2.68. The Morgan fingerprint density at radius 3 is 2.73 bits per heavy atom. The van der Waals surface area contributed by atoms with Crippen LogP contribution in [-0.2, 0) is 19.3 Å². The molecule has 0 saturated heterocycles. The Labute approximate surface area is 190 Å². The molecule has 0 radical (unpaired) electrons. The van der Waals surface area contributed by atoms with Crippen molar-refractivity contribution < 1.29 is 22.7 Å². The van der Waals surface area contributed by atoms with E-state index in [4.69, 9.17) is 16.3 Å². The zero-order chi connectivity index (χ0) is 23.8. The monoisotopic (exact) mass is 478 g/mol. The number of ether oxygens (including phenoxy) is 1. The van der Waals surface area contributed by atoms with Crippen LogP contribution in [0.15, 0.2) is 42.7 Å². The van der Waals surface area contributed by atoms with Gasteiger partial charge in [-0.05, 0) is 25.1 Å². The third kappa shape index (κ3) is 4.49. The lowest BCUT2D eigenvalue weighted by Gasteiger charge is -2.11. The summed E-state index contributed by atoms with van der Waals surface area (Å²) >= 11 is 6.29. The van der Waals surface area contributed by atoms with Gasteiger partial charge in [0.2, 0.25) is 0 Å². The second kappa shape index (κ2) is 8.74. The van der Waals surface area contributed by atoms with E-state index in [1.54, 1.807) is 41.3 Å². The van der Waals surface area contributed by atoms with Gasteiger partial charge in [-0.2, -0.15) is 23.4 Å². The number of aromatic nitrogens is 5. The molecular formula is C21H18ClF3N6O2. The van der Waals surface area contributed by atoms with E-state index in [2.05, 4.69) is 20.5 Å². The van der Waals surface area contributed by atoms with Gasteiger partial charge in [-0.15, -0.1) is 0 Å². The van der Waals surface area contributed by atoms with Crippen LogP contribution in [0.2, 0.25) is 5.02 Å². The van der Waals surface area contributed by atoms with Crippen molar-refractivity contribution in [2.24, 2.45) is 0 Å². The Balaban J connectivity index is 1.75. The molecule has 8 nitrogen and oxygen atoms in total. The molecule has 0 atom stereocenters. The topological polar surface area (TPSA) is 86.3 Å². The van der Waals surface area contributed by atoms with Crippen LogP contribution in [0.25, 0.3) is 16.9 Å². The third-order valence-electron chi connectivity index (χ3n) is 4.87. The van der Waals surface area contributed by atoms with Crippen molar-refractivity contribution in [3.05, 3.63) is 64.7 Å². The number of aryl methyl sites for hydroxylation is 1. The number of carbonyl (C=O) groups excluding carboxylic acids is 1. The average molecular weight is 479 g/mol. The zero-order valence-electron chi connectivity index (χ0n) is 17.5. The number of nitrogens with one attached hydrogen (secondary N) is 1. The van der Waals surface area contributed by atoms with Crippen LogP contribution < -0.4 is 10.1 Å². The molecule has 0 aliphatic rings. The van der Waals surface area contributed by atoms with Gasteiger partial charge in [0.05, 0.1) is 19.0 Å². The molecule has 12 heteroatoms. The van der Waals surface area contributed by atoms with E-state index in [1.807, 2.05) is 6.92 Å². The summed E-state index contributed by atoms with van der Waals surface area (Å²) in [5.74, 6) is -0.278. The standard InChI is InChI=1S/C21H18ClF3N6O2/c1-3-30-11-12(10-27-30)9-26-20(32)18-17(22)19-28-15(13-5-4-6-14(7-13)33-2)8-16(21(23,24)25)31(19)29-18/h4-8,10-11H,3,9H2,1-2H3,(H,26,32). The van der Waals surface area contributed by atoms with Crippen molar-refractivity contribution in [3.63, 3.8) is 0 Å². The van der Waals surface area contributed by atoms with Crippen molar-refractivity contribution in [1.82, 2.24) is 29.7 Å². The number of alkyl halides is 3. The smallest absolute Gasteiger partial charge is 0.433 e. The summed E-state index contributed by atoms with van der Waals surface area (Å²) in [5, 5.41) is 10.2. The first-order valence-electron chi connectivity index (χ1n) is 9.81. The van der Waals surface area contributed by atoms with E-state index in [-0.39, 0.29) is 28.6 Å². The van der Waals surface area contributed by atoms with Gasteiger partial charge >= 0.3 is 6.18 Å². The van der Waals surface area contributed by atoms with Gasteiger partial charge in [-0.3, -0.25) is 9.48 Å². The first-order valence-corrected chi connectivity index (χ1v) is 10.2. The van der Waals surface area contributed by atoms with Crippen LogP contribution in [0, 0.1) is 0 Å². The van der Waals surface area contributed by atoms with Crippen molar-refractivity contribution in [2.45, 2.75) is 26.2 Å². The predicted octanol–water partition coefficient (Wildman–Crippen LogP) is 4.22. The summed E-state index contributed by atoms with van der Waals surface area (Å²) in [4.78, 5) is 16.9. The van der Waals surface area contributed by atoms with E-state index in [0.717, 1.165) is 11.6 Å². The number of benzene rings is 1. The molecule has 0 unspecified atom stereocenters. The minimum atomic E-state index is -4.77. The molecule has 4 rings (SSSR count). The van der Waals surface area contributed by atoms with Crippen molar-refractivity contribution in [1.29, 1.82) is 0 Å². The highest BCUT2D eigenvalue weighted by Gasteiger charge is 2.36. The van der Waals surface area contributed by atoms with Crippen LogP contribution in [0.5, 0.6) is 5.75 Å². The zero-order valence-corrected chi connectivity index (χ0v) is 18.3. The highest BCUT2D eigenvalue weighted by molar-refractivity contribution is 6.36. The number of nitrogens with zero attached hydrogens (tertiary/aromatic N) is 5. The summed E-state index contributed by atoms with van der Waals surface area (Å²) in [5.41, 5.74) is -0.642. The molecule has 3 aromatic heterocycles. The van der Waals surface area contributed by atoms with Crippen LogP contribution >= 0.6 is 11.6 Å². The van der Waals surface area contributed by atoms with Crippen LogP contribution in [0.1, 0.15) is 28.7 Å². The first-order chi connectivity index (χ1) is 15.7. The highest BCUT2D eigenvalue weighted by atomic mass is 35.5. The average Bonchev–Trinajstić information content (AvgIpc) is 3.40. The molecule has 0 saturated carbocycles. The van der Waals surface area contributed by atoms with E-state index in [9.17, 15) is 18.0 Å². The molecule has 4 aromatic rings. The van der Waals surface area contributed by atoms with Gasteiger partial charge in [-0.1, -0.05) is 23.7 Å². The second-order valence-corrected chi connectivity index (χ2v) is 7.42. The number of fused-ring (bicyclic) bond motifs is 1. The fourth-order valence-corrected chi connectivity index (χ4v) is 3.45. The fraction of sp³-hybridized carbons (Fsp3) is 0.238. The number of carbonyl (C=O) groups is 1. The number of amides is 1. The quantitative estimate of drug-likeness (QED) is 0.448. The number of hydrogen-bond acceptors (Lipinski definition) is 5. The predicted molar refractivity (Wildman–Crippen MR) is 114 cm³/mol. The number of rotatable bonds is 6. The Kier molecular flexibility index (Phi) is 5.98. The number of hydrogen-bond donors (Lipinski definition) is 1. The number of halogens is 4. The fourth-order valence-electron chi connectivity index (χ4n) is 3.21. The normalized spacial score (nSPS) is 11.7. The molecule has 172 valence electrons. The molecule has 1 aromatic carbocycles. The van der Waals surface area contributed by atoms with Crippen LogP contribution in [-0.4, -0.2) is 37.4 Å². The highest BCUT2D eigenvalue weighted by Crippen LogP contribution is 2.35. The third-order valence-corrected chi connectivity index (χ3v) is 5.22. The van der Waals surface area contributed by atoms with E-state index in [0.29, 0.717) is 22.4 Å². The molecule has 0 aliphatic heterocycles. The molecule has 3 heterocycles. The maximum absolute atomic E-state index is 13.8. The molecule has 0 spiro atoms. The summed E-state index contributed by atoms with van der Waals surface area (Å²) in [7, 11) is 1.45.